The summed E-state index contributed by atoms with van der Waals surface area (Å²) in [7, 11) is 0. The van der Waals surface area contributed by atoms with Crippen molar-refractivity contribution in [2.45, 2.75) is 6.54 Å². The molecule has 1 amide bonds. The van der Waals surface area contributed by atoms with Gasteiger partial charge in [-0.2, -0.15) is 0 Å². The van der Waals surface area contributed by atoms with Crippen LogP contribution in [0, 0.1) is 0 Å². The molecule has 1 aromatic carbocycles. The molecule has 0 saturated heterocycles. The molecule has 1 heterocycles. The van der Waals surface area contributed by atoms with E-state index in [0.29, 0.717) is 17.9 Å². The Morgan fingerprint density at radius 1 is 1.22 bits per heavy atom. The lowest BCUT2D eigenvalue weighted by atomic mass is 10.2. The fourth-order valence-electron chi connectivity index (χ4n) is 1.43. The third kappa shape index (κ3) is 2.98. The Kier molecular flexibility index (Phi) is 3.43. The standard InChI is InChI=1S/C13H13N3O2/c14-10-3-6-12(15-8-10)13(18)16-7-9-1-4-11(17)5-2-9/h1-6,8,17H,7,14H2,(H,16,18). The molecule has 0 aliphatic carbocycles. The number of phenols is 1. The van der Waals surface area contributed by atoms with Crippen LogP contribution in [-0.4, -0.2) is 16.0 Å². The summed E-state index contributed by atoms with van der Waals surface area (Å²) in [5.41, 5.74) is 7.23. The summed E-state index contributed by atoms with van der Waals surface area (Å²) >= 11 is 0. The van der Waals surface area contributed by atoms with Crippen molar-refractivity contribution in [1.82, 2.24) is 10.3 Å². The van der Waals surface area contributed by atoms with Crippen LogP contribution in [0.3, 0.4) is 0 Å². The minimum Gasteiger partial charge on any atom is -0.508 e. The molecule has 0 saturated carbocycles. The fraction of sp³-hybridized carbons (Fsp3) is 0.0769. The number of nitrogen functional groups attached to an aromatic ring is 1. The highest BCUT2D eigenvalue weighted by Gasteiger charge is 2.06. The second-order valence-corrected chi connectivity index (χ2v) is 3.83. The second-order valence-electron chi connectivity index (χ2n) is 3.83. The average Bonchev–Trinajstić information content (AvgIpc) is 2.38. The third-order valence-electron chi connectivity index (χ3n) is 2.41. The lowest BCUT2D eigenvalue weighted by Gasteiger charge is -2.05. The third-order valence-corrected chi connectivity index (χ3v) is 2.41. The van der Waals surface area contributed by atoms with Gasteiger partial charge in [0.1, 0.15) is 11.4 Å². The topological polar surface area (TPSA) is 88.2 Å². The largest absolute Gasteiger partial charge is 0.508 e. The first-order chi connectivity index (χ1) is 8.65. The average molecular weight is 243 g/mol. The minimum atomic E-state index is -0.261. The van der Waals surface area contributed by atoms with Crippen LogP contribution in [0.4, 0.5) is 5.69 Å². The van der Waals surface area contributed by atoms with Crippen molar-refractivity contribution in [1.29, 1.82) is 0 Å². The van der Waals surface area contributed by atoms with Crippen molar-refractivity contribution >= 4 is 11.6 Å². The SMILES string of the molecule is Nc1ccc(C(=O)NCc2ccc(O)cc2)nc1. The number of carbonyl (C=O) groups is 1. The molecular weight excluding hydrogens is 230 g/mol. The quantitative estimate of drug-likeness (QED) is 0.758. The molecule has 0 radical (unpaired) electrons. The molecule has 92 valence electrons. The predicted molar refractivity (Wildman–Crippen MR) is 67.9 cm³/mol. The van der Waals surface area contributed by atoms with E-state index in [1.165, 1.54) is 6.20 Å². The Morgan fingerprint density at radius 3 is 2.56 bits per heavy atom. The molecule has 0 aliphatic heterocycles. The van der Waals surface area contributed by atoms with Crippen molar-refractivity contribution in [2.75, 3.05) is 5.73 Å². The minimum absolute atomic E-state index is 0.199. The number of aromatic nitrogens is 1. The van der Waals surface area contributed by atoms with Crippen molar-refractivity contribution in [3.8, 4) is 5.75 Å². The number of hydrogen-bond donors (Lipinski definition) is 3. The van der Waals surface area contributed by atoms with E-state index in [1.807, 2.05) is 0 Å². The van der Waals surface area contributed by atoms with Crippen LogP contribution < -0.4 is 11.1 Å². The summed E-state index contributed by atoms with van der Waals surface area (Å²) in [5.74, 6) is -0.0617. The highest BCUT2D eigenvalue weighted by Crippen LogP contribution is 2.09. The van der Waals surface area contributed by atoms with Gasteiger partial charge in [0.05, 0.1) is 11.9 Å². The number of nitrogens with two attached hydrogens (primary N) is 1. The number of benzene rings is 1. The summed E-state index contributed by atoms with van der Waals surface area (Å²) < 4.78 is 0. The molecule has 18 heavy (non-hydrogen) atoms. The number of anilines is 1. The van der Waals surface area contributed by atoms with Gasteiger partial charge >= 0.3 is 0 Å². The van der Waals surface area contributed by atoms with E-state index in [2.05, 4.69) is 10.3 Å². The number of nitrogens with zero attached hydrogens (tertiary/aromatic N) is 1. The van der Waals surface area contributed by atoms with Gasteiger partial charge in [-0.05, 0) is 29.8 Å². The molecule has 5 heteroatoms. The van der Waals surface area contributed by atoms with Crippen LogP contribution in [0.1, 0.15) is 16.1 Å². The van der Waals surface area contributed by atoms with Crippen LogP contribution in [0.5, 0.6) is 5.75 Å². The molecule has 5 nitrogen and oxygen atoms in total. The normalized spacial score (nSPS) is 10.0. The van der Waals surface area contributed by atoms with E-state index in [-0.39, 0.29) is 11.7 Å². The van der Waals surface area contributed by atoms with E-state index in [0.717, 1.165) is 5.56 Å². The van der Waals surface area contributed by atoms with E-state index < -0.39 is 0 Å². The molecule has 1 aromatic heterocycles. The van der Waals surface area contributed by atoms with Crippen LogP contribution >= 0.6 is 0 Å². The van der Waals surface area contributed by atoms with Gasteiger partial charge in [-0.15, -0.1) is 0 Å². The maximum atomic E-state index is 11.7. The maximum Gasteiger partial charge on any atom is 0.270 e. The highest BCUT2D eigenvalue weighted by molar-refractivity contribution is 5.92. The molecule has 0 atom stereocenters. The maximum absolute atomic E-state index is 11.7. The number of pyridine rings is 1. The molecular formula is C13H13N3O2. The molecule has 0 bridgehead atoms. The summed E-state index contributed by atoms with van der Waals surface area (Å²) in [4.78, 5) is 15.7. The van der Waals surface area contributed by atoms with Gasteiger partial charge in [0.15, 0.2) is 0 Å². The van der Waals surface area contributed by atoms with Crippen LogP contribution in [0.25, 0.3) is 0 Å². The van der Waals surface area contributed by atoms with Gasteiger partial charge in [0.25, 0.3) is 5.91 Å². The van der Waals surface area contributed by atoms with Gasteiger partial charge in [-0.3, -0.25) is 4.79 Å². The number of aromatic hydroxyl groups is 1. The molecule has 2 aromatic rings. The first-order valence-corrected chi connectivity index (χ1v) is 5.43. The highest BCUT2D eigenvalue weighted by atomic mass is 16.3. The Hall–Kier alpha value is -2.56. The van der Waals surface area contributed by atoms with Crippen molar-refractivity contribution < 1.29 is 9.90 Å². The number of hydrogen-bond acceptors (Lipinski definition) is 4. The zero-order valence-corrected chi connectivity index (χ0v) is 9.63. The van der Waals surface area contributed by atoms with Gasteiger partial charge in [-0.25, -0.2) is 4.98 Å². The number of phenolic OH excluding ortho intramolecular Hbond substituents is 1. The fourth-order valence-corrected chi connectivity index (χ4v) is 1.43. The predicted octanol–water partition coefficient (Wildman–Crippen LogP) is 1.30. The van der Waals surface area contributed by atoms with Crippen LogP contribution in [0.15, 0.2) is 42.6 Å². The van der Waals surface area contributed by atoms with Gasteiger partial charge in [0, 0.05) is 6.54 Å². The van der Waals surface area contributed by atoms with Crippen molar-refractivity contribution in [2.24, 2.45) is 0 Å². The number of nitrogens with one attached hydrogen (secondary N) is 1. The van der Waals surface area contributed by atoms with E-state index in [1.54, 1.807) is 36.4 Å². The molecule has 0 spiro atoms. The summed E-state index contributed by atoms with van der Waals surface area (Å²) in [6.45, 7) is 0.380. The first kappa shape index (κ1) is 11.9. The summed E-state index contributed by atoms with van der Waals surface area (Å²) in [6.07, 6.45) is 1.44. The number of amides is 1. The number of carbonyl (C=O) groups excluding carboxylic acids is 1. The van der Waals surface area contributed by atoms with Gasteiger partial charge < -0.3 is 16.2 Å². The van der Waals surface area contributed by atoms with Gasteiger partial charge in [-0.1, -0.05) is 12.1 Å². The molecule has 4 N–H and O–H groups in total. The second kappa shape index (κ2) is 5.18. The Balaban J connectivity index is 1.96. The zero-order valence-electron chi connectivity index (χ0n) is 9.63. The van der Waals surface area contributed by atoms with E-state index >= 15 is 0 Å². The Bertz CT molecular complexity index is 535. The van der Waals surface area contributed by atoms with E-state index in [9.17, 15) is 4.79 Å². The lowest BCUT2D eigenvalue weighted by Crippen LogP contribution is -2.23. The van der Waals surface area contributed by atoms with Gasteiger partial charge in [0.2, 0.25) is 0 Å². The van der Waals surface area contributed by atoms with Crippen molar-refractivity contribution in [3.63, 3.8) is 0 Å². The monoisotopic (exact) mass is 243 g/mol. The summed E-state index contributed by atoms with van der Waals surface area (Å²) in [6, 6.07) is 9.83. The molecule has 0 unspecified atom stereocenters. The Labute approximate surface area is 104 Å². The van der Waals surface area contributed by atoms with Crippen molar-refractivity contribution in [3.05, 3.63) is 53.9 Å². The van der Waals surface area contributed by atoms with E-state index in [4.69, 9.17) is 10.8 Å². The first-order valence-electron chi connectivity index (χ1n) is 5.43. The molecule has 0 aliphatic rings. The number of rotatable bonds is 3. The Morgan fingerprint density at radius 2 is 1.94 bits per heavy atom. The lowest BCUT2D eigenvalue weighted by molar-refractivity contribution is 0.0946. The molecule has 0 fully saturated rings. The smallest absolute Gasteiger partial charge is 0.270 e. The summed E-state index contributed by atoms with van der Waals surface area (Å²) in [5, 5.41) is 11.9. The molecule has 2 rings (SSSR count). The zero-order chi connectivity index (χ0) is 13.0. The van der Waals surface area contributed by atoms with Crippen LogP contribution in [0.2, 0.25) is 0 Å². The van der Waals surface area contributed by atoms with Crippen LogP contribution in [-0.2, 0) is 6.54 Å².